The number of sulfonamides is 1. The third-order valence-electron chi connectivity index (χ3n) is 4.28. The molecule has 0 aliphatic heterocycles. The Labute approximate surface area is 181 Å². The largest absolute Gasteiger partial charge is 0.497 e. The predicted octanol–water partition coefficient (Wildman–Crippen LogP) is 2.94. The molecule has 2 aromatic carbocycles. The second-order valence-electron chi connectivity index (χ2n) is 6.55. The van der Waals surface area contributed by atoms with E-state index in [2.05, 4.69) is 25.3 Å². The molecule has 0 radical (unpaired) electrons. The van der Waals surface area contributed by atoms with Gasteiger partial charge in [-0.2, -0.15) is 4.98 Å². The van der Waals surface area contributed by atoms with E-state index in [1.807, 2.05) is 37.3 Å². The summed E-state index contributed by atoms with van der Waals surface area (Å²) in [6.45, 7) is 2.31. The van der Waals surface area contributed by atoms with Crippen LogP contribution in [-0.4, -0.2) is 45.7 Å². The SMILES string of the molecule is COc1ccc(Nc2cc(C)nc(NCCNS(=O)(=O)c3ccccc3OC)n2)cc1. The Balaban J connectivity index is 1.59. The van der Waals surface area contributed by atoms with Crippen molar-refractivity contribution >= 4 is 27.5 Å². The van der Waals surface area contributed by atoms with Crippen LogP contribution in [0.2, 0.25) is 0 Å². The van der Waals surface area contributed by atoms with E-state index in [0.29, 0.717) is 24.1 Å². The first-order valence-corrected chi connectivity index (χ1v) is 11.0. The zero-order chi connectivity index (χ0) is 22.3. The number of hydrogen-bond acceptors (Lipinski definition) is 8. The standard InChI is InChI=1S/C21H25N5O4S/c1-15-14-20(25-16-8-10-17(29-2)11-9-16)26-21(24-15)22-12-13-23-31(27,28)19-7-5-4-6-18(19)30-3/h4-11,14,23H,12-13H2,1-3H3,(H2,22,24,25,26). The number of hydrogen-bond donors (Lipinski definition) is 3. The van der Waals surface area contributed by atoms with Gasteiger partial charge in [0.1, 0.15) is 22.2 Å². The molecule has 3 N–H and O–H groups in total. The molecule has 31 heavy (non-hydrogen) atoms. The highest BCUT2D eigenvalue weighted by atomic mass is 32.2. The van der Waals surface area contributed by atoms with E-state index in [-0.39, 0.29) is 11.4 Å². The van der Waals surface area contributed by atoms with Gasteiger partial charge in [0.25, 0.3) is 0 Å². The third-order valence-corrected chi connectivity index (χ3v) is 5.78. The van der Waals surface area contributed by atoms with Crippen LogP contribution in [0.1, 0.15) is 5.69 Å². The van der Waals surface area contributed by atoms with Gasteiger partial charge < -0.3 is 20.1 Å². The number of methoxy groups -OCH3 is 2. The summed E-state index contributed by atoms with van der Waals surface area (Å²) in [7, 11) is -0.650. The van der Waals surface area contributed by atoms with Crippen LogP contribution in [0.3, 0.4) is 0 Å². The van der Waals surface area contributed by atoms with Crippen LogP contribution in [0, 0.1) is 6.92 Å². The zero-order valence-electron chi connectivity index (χ0n) is 17.5. The molecule has 0 spiro atoms. The van der Waals surface area contributed by atoms with Crippen molar-refractivity contribution in [1.29, 1.82) is 0 Å². The maximum absolute atomic E-state index is 12.5. The molecule has 1 aromatic heterocycles. The summed E-state index contributed by atoms with van der Waals surface area (Å²) in [5.74, 6) is 2.07. The number of benzene rings is 2. The highest BCUT2D eigenvalue weighted by Gasteiger charge is 2.18. The van der Waals surface area contributed by atoms with Crippen molar-refractivity contribution < 1.29 is 17.9 Å². The van der Waals surface area contributed by atoms with Gasteiger partial charge in [-0.25, -0.2) is 18.1 Å². The van der Waals surface area contributed by atoms with Gasteiger partial charge in [-0.3, -0.25) is 0 Å². The molecule has 0 saturated carbocycles. The van der Waals surface area contributed by atoms with Crippen molar-refractivity contribution in [2.75, 3.05) is 37.9 Å². The van der Waals surface area contributed by atoms with Gasteiger partial charge in [0, 0.05) is 30.5 Å². The minimum atomic E-state index is -3.70. The molecule has 0 amide bonds. The summed E-state index contributed by atoms with van der Waals surface area (Å²) in [6, 6.07) is 15.7. The fraction of sp³-hybridized carbons (Fsp3) is 0.238. The van der Waals surface area contributed by atoms with Crippen molar-refractivity contribution in [2.45, 2.75) is 11.8 Å². The molecule has 3 rings (SSSR count). The van der Waals surface area contributed by atoms with Crippen molar-refractivity contribution in [2.24, 2.45) is 0 Å². The van der Waals surface area contributed by atoms with Crippen LogP contribution in [0.25, 0.3) is 0 Å². The summed E-state index contributed by atoms with van der Waals surface area (Å²) < 4.78 is 37.9. The van der Waals surface area contributed by atoms with E-state index in [0.717, 1.165) is 17.1 Å². The van der Waals surface area contributed by atoms with Crippen LogP contribution in [-0.2, 0) is 10.0 Å². The number of anilines is 3. The molecule has 10 heteroatoms. The average Bonchev–Trinajstić information content (AvgIpc) is 2.77. The summed E-state index contributed by atoms with van der Waals surface area (Å²) in [6.07, 6.45) is 0. The normalized spacial score (nSPS) is 11.1. The Hall–Kier alpha value is -3.37. The molecule has 164 valence electrons. The molecule has 0 aliphatic carbocycles. The summed E-state index contributed by atoms with van der Waals surface area (Å²) in [4.78, 5) is 8.86. The Kier molecular flexibility index (Phi) is 7.27. The van der Waals surface area contributed by atoms with Crippen molar-refractivity contribution in [1.82, 2.24) is 14.7 Å². The van der Waals surface area contributed by atoms with Crippen LogP contribution in [0.5, 0.6) is 11.5 Å². The van der Waals surface area contributed by atoms with Crippen LogP contribution in [0.4, 0.5) is 17.5 Å². The Morgan fingerprint density at radius 1 is 0.935 bits per heavy atom. The Morgan fingerprint density at radius 3 is 2.39 bits per heavy atom. The molecule has 0 atom stereocenters. The number of para-hydroxylation sites is 1. The Bertz CT molecular complexity index is 1120. The van der Waals surface area contributed by atoms with Gasteiger partial charge in [-0.15, -0.1) is 0 Å². The van der Waals surface area contributed by atoms with Crippen molar-refractivity contribution in [3.05, 3.63) is 60.3 Å². The summed E-state index contributed by atoms with van der Waals surface area (Å²) >= 11 is 0. The van der Waals surface area contributed by atoms with Crippen LogP contribution >= 0.6 is 0 Å². The number of aryl methyl sites for hydroxylation is 1. The number of nitrogens with zero attached hydrogens (tertiary/aromatic N) is 2. The smallest absolute Gasteiger partial charge is 0.244 e. The molecular weight excluding hydrogens is 418 g/mol. The number of ether oxygens (including phenoxy) is 2. The Morgan fingerprint density at radius 2 is 1.68 bits per heavy atom. The molecule has 1 heterocycles. The van der Waals surface area contributed by atoms with Crippen LogP contribution in [0.15, 0.2) is 59.5 Å². The first kappa shape index (κ1) is 22.3. The van der Waals surface area contributed by atoms with Gasteiger partial charge in [-0.05, 0) is 43.3 Å². The number of rotatable bonds is 10. The predicted molar refractivity (Wildman–Crippen MR) is 120 cm³/mol. The second kappa shape index (κ2) is 10.1. The van der Waals surface area contributed by atoms with Gasteiger partial charge in [0.2, 0.25) is 16.0 Å². The highest BCUT2D eigenvalue weighted by Crippen LogP contribution is 2.22. The molecule has 0 saturated heterocycles. The molecule has 0 bridgehead atoms. The maximum atomic E-state index is 12.5. The van der Waals surface area contributed by atoms with Gasteiger partial charge in [0.05, 0.1) is 14.2 Å². The lowest BCUT2D eigenvalue weighted by Crippen LogP contribution is -2.29. The highest BCUT2D eigenvalue weighted by molar-refractivity contribution is 7.89. The third kappa shape index (κ3) is 6.06. The van der Waals surface area contributed by atoms with E-state index in [4.69, 9.17) is 9.47 Å². The lowest BCUT2D eigenvalue weighted by molar-refractivity contribution is 0.402. The van der Waals surface area contributed by atoms with Crippen molar-refractivity contribution in [3.8, 4) is 11.5 Å². The second-order valence-corrected chi connectivity index (χ2v) is 8.28. The molecule has 0 unspecified atom stereocenters. The molecule has 9 nitrogen and oxygen atoms in total. The first-order chi connectivity index (χ1) is 14.9. The lowest BCUT2D eigenvalue weighted by Gasteiger charge is -2.12. The number of aromatic nitrogens is 2. The van der Waals surface area contributed by atoms with E-state index in [9.17, 15) is 8.42 Å². The molecule has 0 aliphatic rings. The van der Waals surface area contributed by atoms with Gasteiger partial charge in [-0.1, -0.05) is 12.1 Å². The number of nitrogens with one attached hydrogen (secondary N) is 3. The van der Waals surface area contributed by atoms with E-state index in [1.165, 1.54) is 13.2 Å². The quantitative estimate of drug-likeness (QED) is 0.410. The maximum Gasteiger partial charge on any atom is 0.244 e. The molecular formula is C21H25N5O4S. The van der Waals surface area contributed by atoms with Gasteiger partial charge >= 0.3 is 0 Å². The first-order valence-electron chi connectivity index (χ1n) is 9.54. The average molecular weight is 444 g/mol. The van der Waals surface area contributed by atoms with Gasteiger partial charge in [0.15, 0.2) is 0 Å². The van der Waals surface area contributed by atoms with E-state index in [1.54, 1.807) is 25.3 Å². The van der Waals surface area contributed by atoms with Crippen molar-refractivity contribution in [3.63, 3.8) is 0 Å². The molecule has 3 aromatic rings. The minimum Gasteiger partial charge on any atom is -0.497 e. The zero-order valence-corrected chi connectivity index (χ0v) is 18.4. The monoisotopic (exact) mass is 443 g/mol. The fourth-order valence-corrected chi connectivity index (χ4v) is 4.01. The summed E-state index contributed by atoms with van der Waals surface area (Å²) in [5.41, 5.74) is 1.62. The molecule has 0 fully saturated rings. The van der Waals surface area contributed by atoms with E-state index < -0.39 is 10.0 Å². The topological polar surface area (TPSA) is 114 Å². The minimum absolute atomic E-state index is 0.0929. The lowest BCUT2D eigenvalue weighted by atomic mass is 10.3. The van der Waals surface area contributed by atoms with E-state index >= 15 is 0 Å². The summed E-state index contributed by atoms with van der Waals surface area (Å²) in [5, 5.41) is 6.26. The fourth-order valence-electron chi connectivity index (χ4n) is 2.81. The van der Waals surface area contributed by atoms with Crippen LogP contribution < -0.4 is 24.8 Å².